The topological polar surface area (TPSA) is 6.48 Å². The van der Waals surface area contributed by atoms with Crippen LogP contribution >= 0.6 is 0 Å². The van der Waals surface area contributed by atoms with E-state index in [-0.39, 0.29) is 0 Å². The zero-order valence-corrected chi connectivity index (χ0v) is 31.3. The van der Waals surface area contributed by atoms with Crippen LogP contribution in [0.25, 0.3) is 11.1 Å². The summed E-state index contributed by atoms with van der Waals surface area (Å²) >= 11 is 0. The molecule has 0 amide bonds. The van der Waals surface area contributed by atoms with Crippen LogP contribution < -0.4 is 9.80 Å². The number of hydrogen-bond donors (Lipinski definition) is 0. The van der Waals surface area contributed by atoms with Gasteiger partial charge in [-0.3, -0.25) is 0 Å². The van der Waals surface area contributed by atoms with E-state index in [0.717, 1.165) is 0 Å². The van der Waals surface area contributed by atoms with Crippen LogP contribution in [-0.2, 0) is 0 Å². The highest BCUT2D eigenvalue weighted by atomic mass is 15.1. The van der Waals surface area contributed by atoms with Gasteiger partial charge in [-0.05, 0) is 61.1 Å². The lowest BCUT2D eigenvalue weighted by Crippen LogP contribution is -2.25. The first-order valence-electron chi connectivity index (χ1n) is 20.4. The van der Waals surface area contributed by atoms with Gasteiger partial charge in [0.2, 0.25) is 0 Å². The summed E-state index contributed by atoms with van der Waals surface area (Å²) in [7, 11) is 0. The molecule has 0 fully saturated rings. The molecule has 0 N–H and O–H groups in total. The molecule has 0 aliphatic heterocycles. The van der Waals surface area contributed by atoms with Gasteiger partial charge < -0.3 is 9.80 Å². The Labute approximate surface area is 288 Å². The molecule has 0 aromatic heterocycles. The van der Waals surface area contributed by atoms with Crippen LogP contribution in [-0.4, -0.2) is 26.2 Å². The van der Waals surface area contributed by atoms with Crippen LogP contribution in [0.15, 0.2) is 48.5 Å². The van der Waals surface area contributed by atoms with Crippen molar-refractivity contribution in [2.75, 3.05) is 36.0 Å². The first-order chi connectivity index (χ1) is 22.7. The average Bonchev–Trinajstić information content (AvgIpc) is 3.09. The van der Waals surface area contributed by atoms with Crippen LogP contribution in [0.4, 0.5) is 11.4 Å². The molecule has 46 heavy (non-hydrogen) atoms. The highest BCUT2D eigenvalue weighted by Gasteiger charge is 2.10. The van der Waals surface area contributed by atoms with Gasteiger partial charge in [0.1, 0.15) is 0 Å². The van der Waals surface area contributed by atoms with Crippen molar-refractivity contribution in [3.8, 4) is 11.1 Å². The first kappa shape index (κ1) is 40.2. The largest absolute Gasteiger partial charge is 0.372 e. The summed E-state index contributed by atoms with van der Waals surface area (Å²) in [4.78, 5) is 5.35. The van der Waals surface area contributed by atoms with Gasteiger partial charge in [-0.15, -0.1) is 0 Å². The van der Waals surface area contributed by atoms with E-state index < -0.39 is 0 Å². The summed E-state index contributed by atoms with van der Waals surface area (Å²) in [6, 6.07) is 19.0. The molecule has 0 spiro atoms. The Morgan fingerprint density at radius 3 is 0.739 bits per heavy atom. The van der Waals surface area contributed by atoms with Crippen molar-refractivity contribution in [2.24, 2.45) is 0 Å². The summed E-state index contributed by atoms with van der Waals surface area (Å²) in [6.45, 7) is 14.0. The Morgan fingerprint density at radius 1 is 0.283 bits per heavy atom. The fraction of sp³-hybridized carbons (Fsp3) is 0.727. The number of anilines is 2. The molecule has 2 aromatic carbocycles. The first-order valence-corrected chi connectivity index (χ1v) is 20.4. The van der Waals surface area contributed by atoms with Gasteiger partial charge in [0.25, 0.3) is 0 Å². The fourth-order valence-electron chi connectivity index (χ4n) is 6.80. The summed E-state index contributed by atoms with van der Waals surface area (Å²) < 4.78 is 0. The second-order valence-electron chi connectivity index (χ2n) is 14.1. The smallest absolute Gasteiger partial charge is 0.0366 e. The molecule has 0 aliphatic rings. The van der Waals surface area contributed by atoms with E-state index in [1.165, 1.54) is 203 Å². The van der Waals surface area contributed by atoms with Gasteiger partial charge in [0.05, 0.1) is 0 Å². The zero-order valence-electron chi connectivity index (χ0n) is 31.3. The van der Waals surface area contributed by atoms with Crippen molar-refractivity contribution in [1.82, 2.24) is 0 Å². The zero-order chi connectivity index (χ0) is 32.9. The van der Waals surface area contributed by atoms with Crippen molar-refractivity contribution in [1.29, 1.82) is 0 Å². The van der Waals surface area contributed by atoms with Crippen LogP contribution in [0.3, 0.4) is 0 Å². The Balaban J connectivity index is 1.99. The molecular weight excluding hydrogens is 556 g/mol. The third-order valence-electron chi connectivity index (χ3n) is 9.92. The second kappa shape index (κ2) is 28.1. The van der Waals surface area contributed by atoms with E-state index in [2.05, 4.69) is 86.0 Å². The lowest BCUT2D eigenvalue weighted by atomic mass is 10.0. The molecule has 0 aliphatic carbocycles. The summed E-state index contributed by atoms with van der Waals surface area (Å²) in [5.74, 6) is 0. The lowest BCUT2D eigenvalue weighted by Gasteiger charge is -2.26. The van der Waals surface area contributed by atoms with E-state index in [1.54, 1.807) is 0 Å². The highest BCUT2D eigenvalue weighted by molar-refractivity contribution is 5.68. The quantitative estimate of drug-likeness (QED) is 0.0763. The molecular formula is C44H76N2. The van der Waals surface area contributed by atoms with Crippen LogP contribution in [0.5, 0.6) is 0 Å². The Bertz CT molecular complexity index is 808. The minimum atomic E-state index is 1.20. The van der Waals surface area contributed by atoms with E-state index in [1.807, 2.05) is 0 Å². The lowest BCUT2D eigenvalue weighted by molar-refractivity contribution is 0.575. The molecule has 0 unspecified atom stereocenters. The standard InChI is InChI=1S/C44H76N2/c1-5-9-13-17-21-25-37-45(38-26-22-18-14-10-6-2)43-33-29-41(30-34-43)42-31-35-44(36-32-42)46(39-27-23-19-15-11-7-3)40-28-24-20-16-12-8-4/h29-36H,5-28,37-40H2,1-4H3. The predicted molar refractivity (Wildman–Crippen MR) is 210 cm³/mol. The van der Waals surface area contributed by atoms with Gasteiger partial charge in [0, 0.05) is 37.6 Å². The monoisotopic (exact) mass is 633 g/mol. The minimum absolute atomic E-state index is 1.20. The normalized spacial score (nSPS) is 11.3. The molecule has 2 rings (SSSR count). The van der Waals surface area contributed by atoms with Crippen LogP contribution in [0.1, 0.15) is 182 Å². The number of hydrogen-bond acceptors (Lipinski definition) is 2. The number of benzene rings is 2. The molecule has 262 valence electrons. The molecule has 2 aromatic rings. The average molecular weight is 633 g/mol. The van der Waals surface area contributed by atoms with Crippen molar-refractivity contribution < 1.29 is 0 Å². The molecule has 0 radical (unpaired) electrons. The minimum Gasteiger partial charge on any atom is -0.372 e. The van der Waals surface area contributed by atoms with Gasteiger partial charge in [0.15, 0.2) is 0 Å². The third kappa shape index (κ3) is 18.4. The van der Waals surface area contributed by atoms with Gasteiger partial charge in [-0.25, -0.2) is 0 Å². The van der Waals surface area contributed by atoms with Crippen molar-refractivity contribution in [3.05, 3.63) is 48.5 Å². The van der Waals surface area contributed by atoms with Crippen LogP contribution in [0, 0.1) is 0 Å². The van der Waals surface area contributed by atoms with E-state index in [4.69, 9.17) is 0 Å². The van der Waals surface area contributed by atoms with Gasteiger partial charge in [-0.1, -0.05) is 180 Å². The Morgan fingerprint density at radius 2 is 0.500 bits per heavy atom. The highest BCUT2D eigenvalue weighted by Crippen LogP contribution is 2.27. The molecule has 2 heteroatoms. The van der Waals surface area contributed by atoms with Gasteiger partial charge in [-0.2, -0.15) is 0 Å². The Kier molecular flexibility index (Phi) is 24.6. The van der Waals surface area contributed by atoms with Crippen molar-refractivity contribution in [2.45, 2.75) is 182 Å². The number of nitrogens with zero attached hydrogens (tertiary/aromatic N) is 2. The molecule has 0 saturated heterocycles. The molecule has 2 nitrogen and oxygen atoms in total. The van der Waals surface area contributed by atoms with E-state index >= 15 is 0 Å². The fourth-order valence-corrected chi connectivity index (χ4v) is 6.80. The SMILES string of the molecule is CCCCCCCCN(CCCCCCCC)c1ccc(-c2ccc(N(CCCCCCCC)CCCCCCCC)cc2)cc1. The van der Waals surface area contributed by atoms with E-state index in [9.17, 15) is 0 Å². The van der Waals surface area contributed by atoms with Crippen LogP contribution in [0.2, 0.25) is 0 Å². The van der Waals surface area contributed by atoms with Gasteiger partial charge >= 0.3 is 0 Å². The molecule has 0 atom stereocenters. The summed E-state index contributed by atoms with van der Waals surface area (Å²) in [5.41, 5.74) is 5.50. The molecule has 0 heterocycles. The third-order valence-corrected chi connectivity index (χ3v) is 9.92. The Hall–Kier alpha value is -1.96. The van der Waals surface area contributed by atoms with Crippen molar-refractivity contribution in [3.63, 3.8) is 0 Å². The molecule has 0 bridgehead atoms. The van der Waals surface area contributed by atoms with Crippen molar-refractivity contribution >= 4 is 11.4 Å². The maximum atomic E-state index is 2.68. The predicted octanol–water partition coefficient (Wildman–Crippen LogP) is 14.4. The van der Waals surface area contributed by atoms with E-state index in [0.29, 0.717) is 0 Å². The summed E-state index contributed by atoms with van der Waals surface area (Å²) in [6.07, 6.45) is 32.8. The summed E-state index contributed by atoms with van der Waals surface area (Å²) in [5, 5.41) is 0. The number of unbranched alkanes of at least 4 members (excludes halogenated alkanes) is 20. The maximum Gasteiger partial charge on any atom is 0.0366 e. The maximum absolute atomic E-state index is 2.68. The molecule has 0 saturated carbocycles. The second-order valence-corrected chi connectivity index (χ2v) is 14.1. The number of rotatable bonds is 31.